The molecule has 30 heavy (non-hydrogen) atoms. The topological polar surface area (TPSA) is 49.0 Å². The standard InChI is InChI=1S/C21H24F3NO4.ClH/c1-26-16-4-5-17(19(12-16)27-2)15-3-6-18(29-21(22,23)24)20(11-15)28-13-14-7-9-25-10-8-14;/h3-6,11-12,14,25H,7-10,13H2,1-2H3;1H. The molecule has 9 heteroatoms. The molecule has 166 valence electrons. The van der Waals surface area contributed by atoms with Crippen molar-refractivity contribution in [3.05, 3.63) is 36.4 Å². The van der Waals surface area contributed by atoms with Crippen LogP contribution < -0.4 is 24.3 Å². The minimum absolute atomic E-state index is 0. The van der Waals surface area contributed by atoms with E-state index in [1.165, 1.54) is 13.2 Å². The van der Waals surface area contributed by atoms with Gasteiger partial charge in [-0.1, -0.05) is 6.07 Å². The molecular formula is C21H25ClF3NO4. The number of halogens is 4. The molecule has 0 unspecified atom stereocenters. The lowest BCUT2D eigenvalue weighted by molar-refractivity contribution is -0.275. The first-order valence-electron chi connectivity index (χ1n) is 9.35. The van der Waals surface area contributed by atoms with Gasteiger partial charge in [-0.15, -0.1) is 25.6 Å². The van der Waals surface area contributed by atoms with Crippen LogP contribution in [0.15, 0.2) is 36.4 Å². The van der Waals surface area contributed by atoms with E-state index in [2.05, 4.69) is 10.1 Å². The van der Waals surface area contributed by atoms with Gasteiger partial charge in [-0.3, -0.25) is 0 Å². The van der Waals surface area contributed by atoms with E-state index in [-0.39, 0.29) is 29.8 Å². The minimum atomic E-state index is -4.80. The average Bonchev–Trinajstić information content (AvgIpc) is 2.72. The van der Waals surface area contributed by atoms with Gasteiger partial charge in [0.25, 0.3) is 0 Å². The first-order chi connectivity index (χ1) is 13.9. The number of hydrogen-bond donors (Lipinski definition) is 1. The highest BCUT2D eigenvalue weighted by atomic mass is 35.5. The summed E-state index contributed by atoms with van der Waals surface area (Å²) in [6.07, 6.45) is -2.96. The molecule has 5 nitrogen and oxygen atoms in total. The Balaban J connectivity index is 0.00000320. The number of piperidine rings is 1. The predicted molar refractivity (Wildman–Crippen MR) is 110 cm³/mol. The monoisotopic (exact) mass is 447 g/mol. The van der Waals surface area contributed by atoms with Crippen LogP contribution in [0.1, 0.15) is 12.8 Å². The van der Waals surface area contributed by atoms with Gasteiger partial charge in [0.2, 0.25) is 0 Å². The van der Waals surface area contributed by atoms with Crippen LogP contribution in [0.25, 0.3) is 11.1 Å². The fraction of sp³-hybridized carbons (Fsp3) is 0.429. The molecule has 1 aliphatic heterocycles. The number of ether oxygens (including phenoxy) is 4. The van der Waals surface area contributed by atoms with Gasteiger partial charge in [-0.25, -0.2) is 0 Å². The maximum absolute atomic E-state index is 12.8. The lowest BCUT2D eigenvalue weighted by atomic mass is 9.99. The highest BCUT2D eigenvalue weighted by molar-refractivity contribution is 5.85. The quantitative estimate of drug-likeness (QED) is 0.642. The third kappa shape index (κ3) is 6.34. The van der Waals surface area contributed by atoms with Gasteiger partial charge in [0, 0.05) is 11.6 Å². The molecule has 2 aromatic rings. The van der Waals surface area contributed by atoms with Gasteiger partial charge in [0.05, 0.1) is 20.8 Å². The number of benzene rings is 2. The summed E-state index contributed by atoms with van der Waals surface area (Å²) in [6.45, 7) is 2.09. The second kappa shape index (κ2) is 10.6. The Morgan fingerprint density at radius 2 is 1.67 bits per heavy atom. The molecule has 2 aromatic carbocycles. The Bertz CT molecular complexity index is 826. The zero-order valence-corrected chi connectivity index (χ0v) is 17.6. The van der Waals surface area contributed by atoms with Crippen molar-refractivity contribution >= 4 is 12.4 Å². The molecule has 1 N–H and O–H groups in total. The van der Waals surface area contributed by atoms with Crippen molar-refractivity contribution in [1.82, 2.24) is 5.32 Å². The van der Waals surface area contributed by atoms with Crippen molar-refractivity contribution in [3.63, 3.8) is 0 Å². The second-order valence-electron chi connectivity index (χ2n) is 6.78. The molecule has 0 atom stereocenters. The summed E-state index contributed by atoms with van der Waals surface area (Å²) in [7, 11) is 3.07. The molecule has 0 radical (unpaired) electrons. The van der Waals surface area contributed by atoms with Crippen LogP contribution in [-0.2, 0) is 0 Å². The molecule has 1 fully saturated rings. The summed E-state index contributed by atoms with van der Waals surface area (Å²) >= 11 is 0. The van der Waals surface area contributed by atoms with Crippen molar-refractivity contribution in [2.75, 3.05) is 33.9 Å². The molecule has 0 bridgehead atoms. The predicted octanol–water partition coefficient (Wildman–Crippen LogP) is 5.07. The van der Waals surface area contributed by atoms with E-state index in [0.29, 0.717) is 29.2 Å². The molecule has 1 aliphatic rings. The van der Waals surface area contributed by atoms with Crippen LogP contribution in [0.5, 0.6) is 23.0 Å². The van der Waals surface area contributed by atoms with Crippen LogP contribution in [0.2, 0.25) is 0 Å². The SMILES string of the molecule is COc1ccc(-c2ccc(OC(F)(F)F)c(OCC3CCNCC3)c2)c(OC)c1.Cl. The minimum Gasteiger partial charge on any atom is -0.497 e. The largest absolute Gasteiger partial charge is 0.573 e. The summed E-state index contributed by atoms with van der Waals surface area (Å²) in [5.41, 5.74) is 1.36. The van der Waals surface area contributed by atoms with Crippen molar-refractivity contribution < 1.29 is 32.1 Å². The zero-order valence-electron chi connectivity index (χ0n) is 16.8. The second-order valence-corrected chi connectivity index (χ2v) is 6.78. The van der Waals surface area contributed by atoms with Gasteiger partial charge in [-0.2, -0.15) is 0 Å². The molecule has 0 spiro atoms. The van der Waals surface area contributed by atoms with E-state index >= 15 is 0 Å². The van der Waals surface area contributed by atoms with Gasteiger partial charge >= 0.3 is 6.36 Å². The fourth-order valence-electron chi connectivity index (χ4n) is 3.29. The van der Waals surface area contributed by atoms with Crippen LogP contribution >= 0.6 is 12.4 Å². The molecule has 0 aromatic heterocycles. The Hall–Kier alpha value is -2.32. The smallest absolute Gasteiger partial charge is 0.497 e. The third-order valence-corrected chi connectivity index (χ3v) is 4.82. The average molecular weight is 448 g/mol. The maximum atomic E-state index is 12.8. The van der Waals surface area contributed by atoms with Crippen molar-refractivity contribution in [2.45, 2.75) is 19.2 Å². The summed E-state index contributed by atoms with van der Waals surface area (Å²) in [5.74, 6) is 1.14. The van der Waals surface area contributed by atoms with Crippen LogP contribution in [0, 0.1) is 5.92 Å². The van der Waals surface area contributed by atoms with Crippen molar-refractivity contribution in [1.29, 1.82) is 0 Å². The lowest BCUT2D eigenvalue weighted by Gasteiger charge is -2.23. The Labute approximate surface area is 179 Å². The molecule has 0 amide bonds. The number of alkyl halides is 3. The first-order valence-corrected chi connectivity index (χ1v) is 9.35. The highest BCUT2D eigenvalue weighted by Gasteiger charge is 2.33. The Morgan fingerprint density at radius 3 is 2.30 bits per heavy atom. The van der Waals surface area contributed by atoms with E-state index in [9.17, 15) is 13.2 Å². The van der Waals surface area contributed by atoms with Crippen LogP contribution in [0.3, 0.4) is 0 Å². The molecule has 1 saturated heterocycles. The maximum Gasteiger partial charge on any atom is 0.573 e. The van der Waals surface area contributed by atoms with Gasteiger partial charge < -0.3 is 24.3 Å². The van der Waals surface area contributed by atoms with Gasteiger partial charge in [0.15, 0.2) is 11.5 Å². The lowest BCUT2D eigenvalue weighted by Crippen LogP contribution is -2.30. The van der Waals surface area contributed by atoms with E-state index in [1.807, 2.05) is 0 Å². The molecule has 0 aliphatic carbocycles. The van der Waals surface area contributed by atoms with E-state index in [1.54, 1.807) is 37.4 Å². The zero-order chi connectivity index (χ0) is 20.9. The molecule has 3 rings (SSSR count). The number of rotatable bonds is 7. The summed E-state index contributed by atoms with van der Waals surface area (Å²) in [4.78, 5) is 0. The highest BCUT2D eigenvalue weighted by Crippen LogP contribution is 2.40. The summed E-state index contributed by atoms with van der Waals surface area (Å²) in [5, 5.41) is 3.25. The third-order valence-electron chi connectivity index (χ3n) is 4.82. The molecule has 1 heterocycles. The number of methoxy groups -OCH3 is 2. The van der Waals surface area contributed by atoms with Crippen molar-refractivity contribution in [3.8, 4) is 34.1 Å². The van der Waals surface area contributed by atoms with E-state index < -0.39 is 6.36 Å². The Kier molecular flexibility index (Phi) is 8.49. The molecular weight excluding hydrogens is 423 g/mol. The van der Waals surface area contributed by atoms with Gasteiger partial charge in [0.1, 0.15) is 11.5 Å². The van der Waals surface area contributed by atoms with Gasteiger partial charge in [-0.05, 0) is 61.7 Å². The Morgan fingerprint density at radius 1 is 0.933 bits per heavy atom. The number of nitrogens with one attached hydrogen (secondary N) is 1. The fourth-order valence-corrected chi connectivity index (χ4v) is 3.29. The van der Waals surface area contributed by atoms with E-state index in [0.717, 1.165) is 25.9 Å². The van der Waals surface area contributed by atoms with E-state index in [4.69, 9.17) is 14.2 Å². The number of hydrogen-bond acceptors (Lipinski definition) is 5. The summed E-state index contributed by atoms with van der Waals surface area (Å²) < 4.78 is 59.0. The normalized spacial score (nSPS) is 14.6. The molecule has 0 saturated carbocycles. The van der Waals surface area contributed by atoms with Crippen LogP contribution in [-0.4, -0.2) is 40.3 Å². The first kappa shape index (κ1) is 24.0. The van der Waals surface area contributed by atoms with Crippen molar-refractivity contribution in [2.24, 2.45) is 5.92 Å². The summed E-state index contributed by atoms with van der Waals surface area (Å²) in [6, 6.07) is 9.62. The van der Waals surface area contributed by atoms with Crippen LogP contribution in [0.4, 0.5) is 13.2 Å².